The van der Waals surface area contributed by atoms with E-state index in [2.05, 4.69) is 15.7 Å². The van der Waals surface area contributed by atoms with E-state index in [-0.39, 0.29) is 6.03 Å². The molecule has 1 heterocycles. The molecule has 0 atom stereocenters. The zero-order valence-corrected chi connectivity index (χ0v) is 10.9. The second-order valence-corrected chi connectivity index (χ2v) is 4.03. The summed E-state index contributed by atoms with van der Waals surface area (Å²) >= 11 is 0. The number of ether oxygens (including phenoxy) is 1. The quantitative estimate of drug-likeness (QED) is 0.880. The van der Waals surface area contributed by atoms with Gasteiger partial charge in [-0.2, -0.15) is 5.10 Å². The Kier molecular flexibility index (Phi) is 4.02. The first kappa shape index (κ1) is 12.9. The van der Waals surface area contributed by atoms with Crippen molar-refractivity contribution >= 4 is 11.8 Å². The summed E-state index contributed by atoms with van der Waals surface area (Å²) in [6.07, 6.45) is 1.76. The molecule has 2 aromatic rings. The highest BCUT2D eigenvalue weighted by molar-refractivity contribution is 5.88. The molecule has 0 radical (unpaired) electrons. The van der Waals surface area contributed by atoms with Crippen molar-refractivity contribution < 1.29 is 9.53 Å². The standard InChI is InChI=1S/C13H16N4O2/c1-17-8-7-12(16-17)15-13(18)14-9-10-3-5-11(19-2)6-4-10/h3-8H,9H2,1-2H3,(H2,14,15,16,18). The van der Waals surface area contributed by atoms with Crippen LogP contribution in [0, 0.1) is 0 Å². The minimum absolute atomic E-state index is 0.283. The monoisotopic (exact) mass is 260 g/mol. The van der Waals surface area contributed by atoms with Crippen molar-refractivity contribution in [1.29, 1.82) is 0 Å². The van der Waals surface area contributed by atoms with Crippen LogP contribution in [0.25, 0.3) is 0 Å². The number of rotatable bonds is 4. The molecule has 0 saturated heterocycles. The lowest BCUT2D eigenvalue weighted by Crippen LogP contribution is -2.28. The summed E-state index contributed by atoms with van der Waals surface area (Å²) in [6.45, 7) is 0.447. The summed E-state index contributed by atoms with van der Waals surface area (Å²) in [5.74, 6) is 1.32. The van der Waals surface area contributed by atoms with Crippen molar-refractivity contribution in [2.24, 2.45) is 7.05 Å². The molecule has 6 heteroatoms. The SMILES string of the molecule is COc1ccc(CNC(=O)Nc2ccn(C)n2)cc1. The Labute approximate surface area is 111 Å². The number of anilines is 1. The second kappa shape index (κ2) is 5.90. The summed E-state index contributed by atoms with van der Waals surface area (Å²) in [4.78, 5) is 11.6. The van der Waals surface area contributed by atoms with Gasteiger partial charge in [0.05, 0.1) is 7.11 Å². The van der Waals surface area contributed by atoms with Crippen LogP contribution in [-0.4, -0.2) is 22.9 Å². The third-order valence-corrected chi connectivity index (χ3v) is 2.57. The fourth-order valence-corrected chi connectivity index (χ4v) is 1.57. The van der Waals surface area contributed by atoms with Gasteiger partial charge in [-0.15, -0.1) is 0 Å². The van der Waals surface area contributed by atoms with Crippen LogP contribution >= 0.6 is 0 Å². The van der Waals surface area contributed by atoms with E-state index in [1.165, 1.54) is 0 Å². The smallest absolute Gasteiger partial charge is 0.320 e. The predicted molar refractivity (Wildman–Crippen MR) is 72.1 cm³/mol. The van der Waals surface area contributed by atoms with E-state index < -0.39 is 0 Å². The van der Waals surface area contributed by atoms with Crippen LogP contribution in [0.3, 0.4) is 0 Å². The number of nitrogens with one attached hydrogen (secondary N) is 2. The maximum Gasteiger partial charge on any atom is 0.320 e. The van der Waals surface area contributed by atoms with Gasteiger partial charge >= 0.3 is 6.03 Å². The van der Waals surface area contributed by atoms with E-state index in [4.69, 9.17) is 4.74 Å². The molecule has 0 unspecified atom stereocenters. The highest BCUT2D eigenvalue weighted by atomic mass is 16.5. The molecule has 2 rings (SSSR count). The first-order valence-electron chi connectivity index (χ1n) is 5.85. The molecule has 0 aliphatic heterocycles. The number of carbonyl (C=O) groups excluding carboxylic acids is 1. The number of methoxy groups -OCH3 is 1. The number of urea groups is 1. The predicted octanol–water partition coefficient (Wildman–Crippen LogP) is 1.75. The lowest BCUT2D eigenvalue weighted by atomic mass is 10.2. The molecular formula is C13H16N4O2. The molecule has 1 aromatic carbocycles. The summed E-state index contributed by atoms with van der Waals surface area (Å²) in [7, 11) is 3.41. The third-order valence-electron chi connectivity index (χ3n) is 2.57. The van der Waals surface area contributed by atoms with Gasteiger partial charge in [0.2, 0.25) is 0 Å². The Balaban J connectivity index is 1.82. The van der Waals surface area contributed by atoms with Gasteiger partial charge in [-0.25, -0.2) is 4.79 Å². The van der Waals surface area contributed by atoms with Crippen molar-refractivity contribution in [3.05, 3.63) is 42.1 Å². The van der Waals surface area contributed by atoms with Crippen LogP contribution in [-0.2, 0) is 13.6 Å². The molecule has 0 fully saturated rings. The molecule has 0 spiro atoms. The van der Waals surface area contributed by atoms with Crippen molar-refractivity contribution in [1.82, 2.24) is 15.1 Å². The van der Waals surface area contributed by atoms with E-state index in [9.17, 15) is 4.79 Å². The molecular weight excluding hydrogens is 244 g/mol. The molecule has 0 aliphatic carbocycles. The summed E-state index contributed by atoms with van der Waals surface area (Å²) in [5.41, 5.74) is 0.997. The van der Waals surface area contributed by atoms with E-state index in [0.29, 0.717) is 12.4 Å². The Bertz CT molecular complexity index is 548. The molecule has 0 bridgehead atoms. The van der Waals surface area contributed by atoms with E-state index in [0.717, 1.165) is 11.3 Å². The van der Waals surface area contributed by atoms with Gasteiger partial charge in [0.25, 0.3) is 0 Å². The molecule has 1 aromatic heterocycles. The molecule has 6 nitrogen and oxygen atoms in total. The summed E-state index contributed by atoms with van der Waals surface area (Å²) in [5, 5.41) is 9.46. The van der Waals surface area contributed by atoms with Crippen LogP contribution in [0.5, 0.6) is 5.75 Å². The Morgan fingerprint density at radius 2 is 2.05 bits per heavy atom. The lowest BCUT2D eigenvalue weighted by molar-refractivity contribution is 0.251. The maximum atomic E-state index is 11.6. The molecule has 19 heavy (non-hydrogen) atoms. The van der Waals surface area contributed by atoms with Crippen molar-refractivity contribution in [3.8, 4) is 5.75 Å². The zero-order chi connectivity index (χ0) is 13.7. The van der Waals surface area contributed by atoms with Gasteiger partial charge in [0.15, 0.2) is 5.82 Å². The van der Waals surface area contributed by atoms with Crippen LogP contribution in [0.4, 0.5) is 10.6 Å². The summed E-state index contributed by atoms with van der Waals surface area (Å²) in [6, 6.07) is 8.96. The topological polar surface area (TPSA) is 68.2 Å². The van der Waals surface area contributed by atoms with Gasteiger partial charge in [0, 0.05) is 25.9 Å². The van der Waals surface area contributed by atoms with Crippen LogP contribution in [0.1, 0.15) is 5.56 Å². The van der Waals surface area contributed by atoms with Crippen LogP contribution in [0.15, 0.2) is 36.5 Å². The maximum absolute atomic E-state index is 11.6. The fraction of sp³-hybridized carbons (Fsp3) is 0.231. The fourth-order valence-electron chi connectivity index (χ4n) is 1.57. The number of benzene rings is 1. The van der Waals surface area contributed by atoms with Gasteiger partial charge in [0.1, 0.15) is 5.75 Å². The number of hydrogen-bond acceptors (Lipinski definition) is 3. The van der Waals surface area contributed by atoms with Crippen molar-refractivity contribution in [3.63, 3.8) is 0 Å². The first-order chi connectivity index (χ1) is 9.17. The summed E-state index contributed by atoms with van der Waals surface area (Å²) < 4.78 is 6.69. The first-order valence-corrected chi connectivity index (χ1v) is 5.85. The normalized spacial score (nSPS) is 10.0. The minimum atomic E-state index is -0.283. The third kappa shape index (κ3) is 3.74. The van der Waals surface area contributed by atoms with Crippen LogP contribution < -0.4 is 15.4 Å². The highest BCUT2D eigenvalue weighted by Crippen LogP contribution is 2.11. The number of amides is 2. The largest absolute Gasteiger partial charge is 0.497 e. The average Bonchev–Trinajstić information content (AvgIpc) is 2.82. The highest BCUT2D eigenvalue weighted by Gasteiger charge is 2.03. The molecule has 100 valence electrons. The Morgan fingerprint density at radius 3 is 2.63 bits per heavy atom. The van der Waals surface area contributed by atoms with E-state index in [1.807, 2.05) is 24.3 Å². The number of nitrogens with zero attached hydrogens (tertiary/aromatic N) is 2. The minimum Gasteiger partial charge on any atom is -0.497 e. The van der Waals surface area contributed by atoms with Crippen molar-refractivity contribution in [2.75, 3.05) is 12.4 Å². The Morgan fingerprint density at radius 1 is 1.32 bits per heavy atom. The number of aryl methyl sites for hydroxylation is 1. The van der Waals surface area contributed by atoms with Crippen LogP contribution in [0.2, 0.25) is 0 Å². The molecule has 0 aliphatic rings. The lowest BCUT2D eigenvalue weighted by Gasteiger charge is -2.06. The van der Waals surface area contributed by atoms with Gasteiger partial charge < -0.3 is 10.1 Å². The molecule has 2 amide bonds. The number of hydrogen-bond donors (Lipinski definition) is 2. The number of aromatic nitrogens is 2. The average molecular weight is 260 g/mol. The zero-order valence-electron chi connectivity index (χ0n) is 10.9. The van der Waals surface area contributed by atoms with E-state index >= 15 is 0 Å². The molecule has 0 saturated carbocycles. The van der Waals surface area contributed by atoms with Gasteiger partial charge in [-0.3, -0.25) is 10.00 Å². The van der Waals surface area contributed by atoms with E-state index in [1.54, 1.807) is 31.1 Å². The van der Waals surface area contributed by atoms with Gasteiger partial charge in [-0.05, 0) is 17.7 Å². The number of carbonyl (C=O) groups is 1. The van der Waals surface area contributed by atoms with Gasteiger partial charge in [-0.1, -0.05) is 12.1 Å². The second-order valence-electron chi connectivity index (χ2n) is 4.03. The van der Waals surface area contributed by atoms with Crippen molar-refractivity contribution in [2.45, 2.75) is 6.54 Å². The molecule has 2 N–H and O–H groups in total. The Hall–Kier alpha value is -2.50.